The predicted molar refractivity (Wildman–Crippen MR) is 57.8 cm³/mol. The minimum absolute atomic E-state index is 0.0361. The van der Waals surface area contributed by atoms with Gasteiger partial charge in [0.2, 0.25) is 0 Å². The van der Waals surface area contributed by atoms with Gasteiger partial charge in [0.15, 0.2) is 0 Å². The molecule has 1 saturated carbocycles. The van der Waals surface area contributed by atoms with Crippen LogP contribution < -0.4 is 11.1 Å². The molecule has 0 spiro atoms. The van der Waals surface area contributed by atoms with Crippen LogP contribution in [0.1, 0.15) is 52.9 Å². The Bertz CT molecular complexity index is 157. The van der Waals surface area contributed by atoms with E-state index in [0.29, 0.717) is 5.54 Å². The van der Waals surface area contributed by atoms with Gasteiger partial charge in [0.25, 0.3) is 0 Å². The molecule has 0 aromatic rings. The Morgan fingerprint density at radius 2 is 1.92 bits per heavy atom. The molecule has 0 aromatic carbocycles. The smallest absolute Gasteiger partial charge is 0.0249 e. The first-order valence-electron chi connectivity index (χ1n) is 5.51. The van der Waals surface area contributed by atoms with E-state index < -0.39 is 0 Å². The molecule has 1 fully saturated rings. The largest absolute Gasteiger partial charge is 0.324 e. The zero-order valence-corrected chi connectivity index (χ0v) is 9.32. The Hall–Kier alpha value is -0.0800. The van der Waals surface area contributed by atoms with Gasteiger partial charge in [0.05, 0.1) is 0 Å². The van der Waals surface area contributed by atoms with E-state index >= 15 is 0 Å². The van der Waals surface area contributed by atoms with Crippen molar-refractivity contribution in [1.82, 2.24) is 5.32 Å². The van der Waals surface area contributed by atoms with Crippen molar-refractivity contribution in [3.63, 3.8) is 0 Å². The lowest BCUT2D eigenvalue weighted by Crippen LogP contribution is -2.52. The summed E-state index contributed by atoms with van der Waals surface area (Å²) in [5.74, 6) is 0. The Morgan fingerprint density at radius 1 is 1.38 bits per heavy atom. The van der Waals surface area contributed by atoms with Gasteiger partial charge in [-0.05, 0) is 33.1 Å². The lowest BCUT2D eigenvalue weighted by atomic mass is 9.95. The van der Waals surface area contributed by atoms with E-state index in [4.69, 9.17) is 5.73 Å². The maximum absolute atomic E-state index is 6.09. The van der Waals surface area contributed by atoms with Crippen LogP contribution in [0.3, 0.4) is 0 Å². The van der Waals surface area contributed by atoms with Crippen LogP contribution in [-0.2, 0) is 0 Å². The number of nitrogens with two attached hydrogens (primary N) is 1. The molecule has 0 amide bonds. The van der Waals surface area contributed by atoms with E-state index in [0.717, 1.165) is 13.0 Å². The fraction of sp³-hybridized carbons (Fsp3) is 1.00. The highest BCUT2D eigenvalue weighted by molar-refractivity contribution is 4.91. The quantitative estimate of drug-likeness (QED) is 0.701. The SMILES string of the molecule is CCC(C)(N)CNC1(C)CCCC1. The first kappa shape index (κ1) is 11.0. The van der Waals surface area contributed by atoms with Gasteiger partial charge in [0.1, 0.15) is 0 Å². The minimum atomic E-state index is -0.0361. The molecular formula is C11H24N2. The molecule has 13 heavy (non-hydrogen) atoms. The van der Waals surface area contributed by atoms with Crippen LogP contribution in [0, 0.1) is 0 Å². The van der Waals surface area contributed by atoms with Gasteiger partial charge >= 0.3 is 0 Å². The highest BCUT2D eigenvalue weighted by Crippen LogP contribution is 2.29. The monoisotopic (exact) mass is 184 g/mol. The van der Waals surface area contributed by atoms with E-state index in [1.54, 1.807) is 0 Å². The van der Waals surface area contributed by atoms with Crippen molar-refractivity contribution in [3.05, 3.63) is 0 Å². The van der Waals surface area contributed by atoms with Crippen LogP contribution in [-0.4, -0.2) is 17.6 Å². The average Bonchev–Trinajstić information content (AvgIpc) is 2.50. The van der Waals surface area contributed by atoms with E-state index in [-0.39, 0.29) is 5.54 Å². The molecule has 0 aromatic heterocycles. The van der Waals surface area contributed by atoms with Crippen LogP contribution >= 0.6 is 0 Å². The van der Waals surface area contributed by atoms with Crippen LogP contribution in [0.2, 0.25) is 0 Å². The fourth-order valence-electron chi connectivity index (χ4n) is 1.87. The van der Waals surface area contributed by atoms with Crippen molar-refractivity contribution in [3.8, 4) is 0 Å². The molecule has 78 valence electrons. The molecule has 3 N–H and O–H groups in total. The second kappa shape index (κ2) is 3.97. The summed E-state index contributed by atoms with van der Waals surface area (Å²) < 4.78 is 0. The number of hydrogen-bond donors (Lipinski definition) is 2. The molecule has 0 radical (unpaired) electrons. The lowest BCUT2D eigenvalue weighted by Gasteiger charge is -2.31. The standard InChI is InChI=1S/C11H24N2/c1-4-10(2,12)9-13-11(3)7-5-6-8-11/h13H,4-9,12H2,1-3H3. The van der Waals surface area contributed by atoms with E-state index in [1.165, 1.54) is 25.7 Å². The van der Waals surface area contributed by atoms with Crippen molar-refractivity contribution in [2.24, 2.45) is 5.73 Å². The Morgan fingerprint density at radius 3 is 2.38 bits per heavy atom. The molecule has 1 unspecified atom stereocenters. The van der Waals surface area contributed by atoms with Gasteiger partial charge in [-0.2, -0.15) is 0 Å². The van der Waals surface area contributed by atoms with Gasteiger partial charge < -0.3 is 11.1 Å². The van der Waals surface area contributed by atoms with Crippen molar-refractivity contribution in [2.45, 2.75) is 64.0 Å². The van der Waals surface area contributed by atoms with Gasteiger partial charge in [-0.25, -0.2) is 0 Å². The van der Waals surface area contributed by atoms with Crippen LogP contribution in [0.5, 0.6) is 0 Å². The first-order valence-corrected chi connectivity index (χ1v) is 5.51. The molecular weight excluding hydrogens is 160 g/mol. The van der Waals surface area contributed by atoms with Crippen LogP contribution in [0.25, 0.3) is 0 Å². The third-order valence-electron chi connectivity index (χ3n) is 3.43. The van der Waals surface area contributed by atoms with Crippen molar-refractivity contribution in [1.29, 1.82) is 0 Å². The van der Waals surface area contributed by atoms with E-state index in [2.05, 4.69) is 26.1 Å². The third kappa shape index (κ3) is 3.28. The molecule has 1 atom stereocenters. The third-order valence-corrected chi connectivity index (χ3v) is 3.43. The molecule has 0 aliphatic heterocycles. The lowest BCUT2D eigenvalue weighted by molar-refractivity contribution is 0.308. The molecule has 1 aliphatic carbocycles. The predicted octanol–water partition coefficient (Wildman–Crippen LogP) is 2.04. The zero-order valence-electron chi connectivity index (χ0n) is 9.32. The van der Waals surface area contributed by atoms with Gasteiger partial charge in [0, 0.05) is 17.6 Å². The first-order chi connectivity index (χ1) is 5.97. The summed E-state index contributed by atoms with van der Waals surface area (Å²) in [5.41, 5.74) is 6.43. The Labute approximate surface area is 82.3 Å². The van der Waals surface area contributed by atoms with Crippen molar-refractivity contribution >= 4 is 0 Å². The molecule has 2 heteroatoms. The summed E-state index contributed by atoms with van der Waals surface area (Å²) in [6, 6.07) is 0. The zero-order chi connectivity index (χ0) is 9.95. The summed E-state index contributed by atoms with van der Waals surface area (Å²) in [6.07, 6.45) is 6.41. The van der Waals surface area contributed by atoms with Crippen LogP contribution in [0.15, 0.2) is 0 Å². The summed E-state index contributed by atoms with van der Waals surface area (Å²) in [4.78, 5) is 0. The summed E-state index contributed by atoms with van der Waals surface area (Å²) in [6.45, 7) is 7.54. The average molecular weight is 184 g/mol. The van der Waals surface area contributed by atoms with Crippen LogP contribution in [0.4, 0.5) is 0 Å². The molecule has 1 aliphatic rings. The van der Waals surface area contributed by atoms with Gasteiger partial charge in [-0.3, -0.25) is 0 Å². The number of hydrogen-bond acceptors (Lipinski definition) is 2. The highest BCUT2D eigenvalue weighted by Gasteiger charge is 2.29. The fourth-order valence-corrected chi connectivity index (χ4v) is 1.87. The number of nitrogens with one attached hydrogen (secondary N) is 1. The van der Waals surface area contributed by atoms with Gasteiger partial charge in [-0.15, -0.1) is 0 Å². The molecule has 0 bridgehead atoms. The summed E-state index contributed by atoms with van der Waals surface area (Å²) >= 11 is 0. The summed E-state index contributed by atoms with van der Waals surface area (Å²) in [7, 11) is 0. The highest BCUT2D eigenvalue weighted by atomic mass is 15.0. The number of rotatable bonds is 4. The minimum Gasteiger partial charge on any atom is -0.324 e. The van der Waals surface area contributed by atoms with Crippen molar-refractivity contribution < 1.29 is 0 Å². The maximum atomic E-state index is 6.09. The van der Waals surface area contributed by atoms with E-state index in [1.807, 2.05) is 0 Å². The maximum Gasteiger partial charge on any atom is 0.0249 e. The molecule has 0 saturated heterocycles. The second-order valence-corrected chi connectivity index (χ2v) is 5.13. The topological polar surface area (TPSA) is 38.0 Å². The summed E-state index contributed by atoms with van der Waals surface area (Å²) in [5, 5.41) is 3.62. The normalized spacial score (nSPS) is 25.8. The van der Waals surface area contributed by atoms with E-state index in [9.17, 15) is 0 Å². The second-order valence-electron chi connectivity index (χ2n) is 5.13. The molecule has 2 nitrogen and oxygen atoms in total. The Balaban J connectivity index is 2.32. The Kier molecular flexibility index (Phi) is 3.36. The molecule has 0 heterocycles. The van der Waals surface area contributed by atoms with Crippen molar-refractivity contribution in [2.75, 3.05) is 6.54 Å². The van der Waals surface area contributed by atoms with Gasteiger partial charge in [-0.1, -0.05) is 19.8 Å². The molecule has 1 rings (SSSR count).